The van der Waals surface area contributed by atoms with Crippen LogP contribution in [-0.2, 0) is 19.1 Å². The monoisotopic (exact) mass is 143 g/mol. The summed E-state index contributed by atoms with van der Waals surface area (Å²) < 4.78 is 4.20. The lowest BCUT2D eigenvalue weighted by Crippen LogP contribution is -2.20. The molecule has 54 valence electrons. The van der Waals surface area contributed by atoms with Crippen LogP contribution >= 0.6 is 0 Å². The van der Waals surface area contributed by atoms with E-state index in [1.807, 2.05) is 0 Å². The van der Waals surface area contributed by atoms with E-state index in [-0.39, 0.29) is 0 Å². The van der Waals surface area contributed by atoms with Gasteiger partial charge in [0.15, 0.2) is 6.61 Å². The summed E-state index contributed by atoms with van der Waals surface area (Å²) in [7, 11) is 0. The number of hydrogen-bond donors (Lipinski definition) is 0. The lowest BCUT2D eigenvalue weighted by Gasteiger charge is -1.95. The summed E-state index contributed by atoms with van der Waals surface area (Å²) in [6.07, 6.45) is 1.03. The van der Waals surface area contributed by atoms with E-state index in [2.05, 4.69) is 10.1 Å². The highest BCUT2D eigenvalue weighted by atomic mass is 16.5. The normalized spacial score (nSPS) is 8.10. The van der Waals surface area contributed by atoms with Gasteiger partial charge < -0.3 is 4.74 Å². The summed E-state index contributed by atoms with van der Waals surface area (Å²) in [4.78, 5) is 29.7. The van der Waals surface area contributed by atoms with Crippen molar-refractivity contribution in [1.82, 2.24) is 5.32 Å². The Morgan fingerprint density at radius 2 is 2.20 bits per heavy atom. The van der Waals surface area contributed by atoms with Gasteiger partial charge in [-0.05, 0) is 0 Å². The molecular weight excluding hydrogens is 138 g/mol. The van der Waals surface area contributed by atoms with Gasteiger partial charge in [0, 0.05) is 6.92 Å². The van der Waals surface area contributed by atoms with Crippen molar-refractivity contribution in [2.75, 3.05) is 6.61 Å². The number of rotatable bonds is 3. The van der Waals surface area contributed by atoms with Crippen molar-refractivity contribution < 1.29 is 19.1 Å². The summed E-state index contributed by atoms with van der Waals surface area (Å²) in [6.45, 7) is 0.655. The Bertz CT molecular complexity index is 154. The third-order valence-electron chi connectivity index (χ3n) is 0.569. The summed E-state index contributed by atoms with van der Waals surface area (Å²) in [5.41, 5.74) is 0. The van der Waals surface area contributed by atoms with Crippen molar-refractivity contribution >= 4 is 18.3 Å². The maximum absolute atomic E-state index is 10.2. The molecule has 0 aliphatic carbocycles. The number of carbonyl (C=O) groups is 2. The molecule has 0 fully saturated rings. The van der Waals surface area contributed by atoms with Crippen LogP contribution in [0.5, 0.6) is 0 Å². The summed E-state index contributed by atoms with van der Waals surface area (Å²) >= 11 is 0. The molecule has 5 heteroatoms. The van der Waals surface area contributed by atoms with Crippen molar-refractivity contribution in [3.8, 4) is 0 Å². The van der Waals surface area contributed by atoms with Crippen LogP contribution in [0, 0.1) is 0 Å². The molecule has 0 aliphatic heterocycles. The van der Waals surface area contributed by atoms with E-state index in [0.29, 0.717) is 0 Å². The van der Waals surface area contributed by atoms with Crippen LogP contribution in [0.3, 0.4) is 0 Å². The molecule has 0 unspecified atom stereocenters. The molecule has 0 aromatic heterocycles. The minimum absolute atomic E-state index is 0.495. The molecule has 0 heterocycles. The molecule has 0 spiro atoms. The first-order valence-electron chi connectivity index (χ1n) is 2.41. The molecule has 0 bridgehead atoms. The van der Waals surface area contributed by atoms with Crippen LogP contribution in [0.2, 0.25) is 0 Å². The zero-order chi connectivity index (χ0) is 7.98. The number of ether oxygens (including phenoxy) is 1. The number of carbonyl (C=O) groups excluding carboxylic acids is 3. The molecule has 0 aromatic rings. The Morgan fingerprint density at radius 1 is 1.60 bits per heavy atom. The minimum atomic E-state index is -0.815. The molecule has 5 nitrogen and oxygen atoms in total. The van der Waals surface area contributed by atoms with Gasteiger partial charge in [-0.25, -0.2) is 0 Å². The van der Waals surface area contributed by atoms with E-state index in [9.17, 15) is 14.4 Å². The highest BCUT2D eigenvalue weighted by molar-refractivity contribution is 5.87. The molecule has 0 rings (SSSR count). The maximum Gasteiger partial charge on any atom is 0.340 e. The number of esters is 1. The average molecular weight is 143 g/mol. The molecule has 2 radical (unpaired) electrons. The minimum Gasteiger partial charge on any atom is -0.456 e. The van der Waals surface area contributed by atoms with Gasteiger partial charge in [-0.3, -0.25) is 14.4 Å². The zero-order valence-electron chi connectivity index (χ0n) is 5.29. The molecule has 0 saturated carbocycles. The first kappa shape index (κ1) is 8.61. The first-order chi connectivity index (χ1) is 4.66. The van der Waals surface area contributed by atoms with E-state index in [4.69, 9.17) is 0 Å². The van der Waals surface area contributed by atoms with Crippen LogP contribution < -0.4 is 5.32 Å². The standard InChI is InChI=1S/C5H5NO4/c1-4(8)10-2-5(9)6-3-7/h2H2,1H3. The second-order valence-corrected chi connectivity index (χ2v) is 1.38. The molecular formula is C5H5NO4. The molecule has 0 aliphatic rings. The fourth-order valence-corrected chi connectivity index (χ4v) is 0.247. The zero-order valence-corrected chi connectivity index (χ0v) is 5.29. The Hall–Kier alpha value is -1.39. The Balaban J connectivity index is 3.39. The summed E-state index contributed by atoms with van der Waals surface area (Å²) in [6, 6.07) is 0. The van der Waals surface area contributed by atoms with Crippen LogP contribution in [-0.4, -0.2) is 24.9 Å². The highest BCUT2D eigenvalue weighted by Gasteiger charge is 2.03. The molecule has 0 saturated heterocycles. The molecule has 0 N–H and O–H groups in total. The highest BCUT2D eigenvalue weighted by Crippen LogP contribution is 1.75. The fraction of sp³-hybridized carbons (Fsp3) is 0.400. The van der Waals surface area contributed by atoms with Gasteiger partial charge in [-0.2, -0.15) is 5.32 Å². The number of imide groups is 1. The predicted octanol–water partition coefficient (Wildman–Crippen LogP) is -1.25. The van der Waals surface area contributed by atoms with Crippen LogP contribution in [0.4, 0.5) is 0 Å². The predicted molar refractivity (Wildman–Crippen MR) is 29.5 cm³/mol. The summed E-state index contributed by atoms with van der Waals surface area (Å²) in [5.74, 6) is -1.40. The van der Waals surface area contributed by atoms with Crippen LogP contribution in [0.1, 0.15) is 6.92 Å². The number of nitrogens with zero attached hydrogens (tertiary/aromatic N) is 1. The van der Waals surface area contributed by atoms with Crippen molar-refractivity contribution in [3.05, 3.63) is 0 Å². The largest absolute Gasteiger partial charge is 0.456 e. The van der Waals surface area contributed by atoms with E-state index in [1.54, 1.807) is 0 Å². The Kier molecular flexibility index (Phi) is 3.86. The lowest BCUT2D eigenvalue weighted by molar-refractivity contribution is -0.146. The quantitative estimate of drug-likeness (QED) is 0.462. The molecule has 10 heavy (non-hydrogen) atoms. The molecule has 0 atom stereocenters. The van der Waals surface area contributed by atoms with Gasteiger partial charge >= 0.3 is 12.4 Å². The fourth-order valence-electron chi connectivity index (χ4n) is 0.247. The summed E-state index contributed by atoms with van der Waals surface area (Å²) in [5, 5.41) is 2.67. The van der Waals surface area contributed by atoms with Gasteiger partial charge in [-0.1, -0.05) is 0 Å². The van der Waals surface area contributed by atoms with Gasteiger partial charge in [0.2, 0.25) is 0 Å². The SMILES string of the molecule is CC(=O)OCC(=O)[N][C]=O. The smallest absolute Gasteiger partial charge is 0.340 e. The number of hydrogen-bond acceptors (Lipinski definition) is 4. The first-order valence-corrected chi connectivity index (χ1v) is 2.41. The van der Waals surface area contributed by atoms with Crippen LogP contribution in [0.25, 0.3) is 0 Å². The van der Waals surface area contributed by atoms with E-state index >= 15 is 0 Å². The second-order valence-electron chi connectivity index (χ2n) is 1.38. The van der Waals surface area contributed by atoms with Crippen molar-refractivity contribution in [1.29, 1.82) is 0 Å². The van der Waals surface area contributed by atoms with Crippen LogP contribution in [0.15, 0.2) is 0 Å². The van der Waals surface area contributed by atoms with Crippen molar-refractivity contribution in [2.24, 2.45) is 0 Å². The van der Waals surface area contributed by atoms with E-state index < -0.39 is 18.5 Å². The van der Waals surface area contributed by atoms with Gasteiger partial charge in [0.1, 0.15) is 0 Å². The molecule has 0 aromatic carbocycles. The van der Waals surface area contributed by atoms with Crippen molar-refractivity contribution in [2.45, 2.75) is 6.92 Å². The Labute approximate surface area is 57.3 Å². The third kappa shape index (κ3) is 4.76. The lowest BCUT2D eigenvalue weighted by atomic mass is 10.6. The second kappa shape index (κ2) is 4.49. The van der Waals surface area contributed by atoms with Crippen molar-refractivity contribution in [3.63, 3.8) is 0 Å². The van der Waals surface area contributed by atoms with Gasteiger partial charge in [0.05, 0.1) is 0 Å². The van der Waals surface area contributed by atoms with E-state index in [1.165, 1.54) is 0 Å². The third-order valence-corrected chi connectivity index (χ3v) is 0.569. The van der Waals surface area contributed by atoms with Gasteiger partial charge in [0.25, 0.3) is 5.91 Å². The Morgan fingerprint density at radius 3 is 2.60 bits per heavy atom. The topological polar surface area (TPSA) is 74.5 Å². The van der Waals surface area contributed by atoms with Gasteiger partial charge in [-0.15, -0.1) is 0 Å². The molecule has 2 amide bonds. The van der Waals surface area contributed by atoms with E-state index in [0.717, 1.165) is 13.3 Å². The number of amides is 2. The maximum atomic E-state index is 10.2. The average Bonchev–Trinajstić information content (AvgIpc) is 1.85.